The van der Waals surface area contributed by atoms with Gasteiger partial charge in [0.1, 0.15) is 11.5 Å². The van der Waals surface area contributed by atoms with Crippen molar-refractivity contribution in [2.24, 2.45) is 0 Å². The number of aliphatic hydroxyl groups excluding tert-OH is 1. The van der Waals surface area contributed by atoms with Gasteiger partial charge in [-0.3, -0.25) is 4.79 Å². The third-order valence-corrected chi connectivity index (χ3v) is 6.80. The molecule has 0 fully saturated rings. The molecule has 0 saturated heterocycles. The van der Waals surface area contributed by atoms with Crippen LogP contribution >= 0.6 is 0 Å². The minimum Gasteiger partial charge on any atom is -0.427 e. The minimum absolute atomic E-state index is 0.00834. The van der Waals surface area contributed by atoms with Crippen molar-refractivity contribution in [1.29, 1.82) is 0 Å². The largest absolute Gasteiger partial charge is 0.427 e. The van der Waals surface area contributed by atoms with Gasteiger partial charge in [0.25, 0.3) is 0 Å². The number of carbonyl (C=O) groups is 4. The fourth-order valence-electron chi connectivity index (χ4n) is 4.34. The van der Waals surface area contributed by atoms with Gasteiger partial charge in [-0.05, 0) is 77.6 Å². The molecule has 47 heavy (non-hydrogen) atoms. The second-order valence-electron chi connectivity index (χ2n) is 10.3. The van der Waals surface area contributed by atoms with Gasteiger partial charge in [0, 0.05) is 29.7 Å². The zero-order chi connectivity index (χ0) is 33.9. The van der Waals surface area contributed by atoms with Gasteiger partial charge in [0.05, 0.1) is 6.61 Å². The van der Waals surface area contributed by atoms with Crippen molar-refractivity contribution >= 4 is 23.9 Å². The molecule has 0 spiro atoms. The molecular formula is C38H32O9. The van der Waals surface area contributed by atoms with Crippen LogP contribution in [0.15, 0.2) is 122 Å². The lowest BCUT2D eigenvalue weighted by molar-refractivity contribution is -0.134. The van der Waals surface area contributed by atoms with E-state index in [2.05, 4.69) is 19.7 Å². The van der Waals surface area contributed by atoms with Crippen LogP contribution in [0.2, 0.25) is 0 Å². The average molecular weight is 633 g/mol. The number of esters is 4. The van der Waals surface area contributed by atoms with Crippen LogP contribution in [0.1, 0.15) is 24.5 Å². The summed E-state index contributed by atoms with van der Waals surface area (Å²) in [7, 11) is 0. The van der Waals surface area contributed by atoms with Crippen molar-refractivity contribution in [3.8, 4) is 45.3 Å². The molecule has 0 aliphatic carbocycles. The SMILES string of the molecule is C=CC(=O)Oc1ccc(CCC(=O)Oc2ccc(-c3ccc(-c4ccc(OC(=O)C(=C)C)c(CO)c4)cc3)cc2)cc1OC(=O)C=C. The zero-order valence-electron chi connectivity index (χ0n) is 25.7. The molecule has 4 aromatic rings. The molecule has 0 aromatic heterocycles. The molecule has 0 saturated carbocycles. The Balaban J connectivity index is 1.37. The number of benzene rings is 4. The molecule has 9 nitrogen and oxygen atoms in total. The Bertz CT molecular complexity index is 1830. The molecule has 0 radical (unpaired) electrons. The molecule has 0 heterocycles. The Hall–Kier alpha value is -6.06. The maximum Gasteiger partial charge on any atom is 0.338 e. The predicted molar refractivity (Wildman–Crippen MR) is 176 cm³/mol. The summed E-state index contributed by atoms with van der Waals surface area (Å²) in [5.41, 5.74) is 5.00. The van der Waals surface area contributed by atoms with Gasteiger partial charge in [0.2, 0.25) is 0 Å². The first-order valence-electron chi connectivity index (χ1n) is 14.4. The van der Waals surface area contributed by atoms with Gasteiger partial charge < -0.3 is 24.1 Å². The van der Waals surface area contributed by atoms with Crippen molar-refractivity contribution in [2.75, 3.05) is 0 Å². The van der Waals surface area contributed by atoms with E-state index in [-0.39, 0.29) is 42.3 Å². The molecule has 238 valence electrons. The van der Waals surface area contributed by atoms with Gasteiger partial charge in [-0.15, -0.1) is 0 Å². The van der Waals surface area contributed by atoms with E-state index >= 15 is 0 Å². The molecular weight excluding hydrogens is 600 g/mol. The van der Waals surface area contributed by atoms with Crippen molar-refractivity contribution in [3.05, 3.63) is 134 Å². The van der Waals surface area contributed by atoms with Gasteiger partial charge in [-0.2, -0.15) is 0 Å². The molecule has 0 unspecified atom stereocenters. The Kier molecular flexibility index (Phi) is 11.4. The lowest BCUT2D eigenvalue weighted by Crippen LogP contribution is -2.10. The van der Waals surface area contributed by atoms with Crippen molar-refractivity contribution in [2.45, 2.75) is 26.4 Å². The smallest absolute Gasteiger partial charge is 0.338 e. The number of hydrogen-bond donors (Lipinski definition) is 1. The number of hydrogen-bond acceptors (Lipinski definition) is 9. The van der Waals surface area contributed by atoms with E-state index in [1.165, 1.54) is 12.1 Å². The molecule has 0 atom stereocenters. The van der Waals surface area contributed by atoms with Crippen molar-refractivity contribution < 1.29 is 43.2 Å². The average Bonchev–Trinajstić information content (AvgIpc) is 3.08. The summed E-state index contributed by atoms with van der Waals surface area (Å²) in [5.74, 6) is -1.77. The van der Waals surface area contributed by atoms with Crippen molar-refractivity contribution in [1.82, 2.24) is 0 Å². The predicted octanol–water partition coefficient (Wildman–Crippen LogP) is 6.72. The Morgan fingerprint density at radius 2 is 1.19 bits per heavy atom. The van der Waals surface area contributed by atoms with Crippen LogP contribution < -0.4 is 18.9 Å². The summed E-state index contributed by atoms with van der Waals surface area (Å²) in [6, 6.07) is 24.7. The first-order chi connectivity index (χ1) is 22.6. The number of carbonyl (C=O) groups excluding carboxylic acids is 4. The number of aryl methyl sites for hydroxylation is 1. The van der Waals surface area contributed by atoms with Crippen LogP contribution in [-0.2, 0) is 32.2 Å². The second-order valence-corrected chi connectivity index (χ2v) is 10.3. The summed E-state index contributed by atoms with van der Waals surface area (Å²) in [6.45, 7) is 11.5. The fraction of sp³-hybridized carbons (Fsp3) is 0.105. The van der Waals surface area contributed by atoms with E-state index in [1.807, 2.05) is 42.5 Å². The highest BCUT2D eigenvalue weighted by molar-refractivity contribution is 5.89. The quantitative estimate of drug-likeness (QED) is 0.0972. The van der Waals surface area contributed by atoms with Gasteiger partial charge >= 0.3 is 23.9 Å². The van der Waals surface area contributed by atoms with E-state index in [9.17, 15) is 24.3 Å². The first kappa shape index (κ1) is 33.8. The highest BCUT2D eigenvalue weighted by Crippen LogP contribution is 2.31. The molecule has 0 aliphatic rings. The van der Waals surface area contributed by atoms with E-state index in [0.29, 0.717) is 16.9 Å². The highest BCUT2D eigenvalue weighted by Gasteiger charge is 2.15. The Morgan fingerprint density at radius 3 is 1.77 bits per heavy atom. The van der Waals surface area contributed by atoms with Gasteiger partial charge in [-0.1, -0.05) is 68.3 Å². The number of rotatable bonds is 13. The van der Waals surface area contributed by atoms with E-state index in [0.717, 1.165) is 34.4 Å². The Labute approximate surface area is 272 Å². The Morgan fingerprint density at radius 1 is 0.660 bits per heavy atom. The van der Waals surface area contributed by atoms with E-state index in [4.69, 9.17) is 18.9 Å². The van der Waals surface area contributed by atoms with Crippen LogP contribution in [0.4, 0.5) is 0 Å². The van der Waals surface area contributed by atoms with Crippen LogP contribution in [0.25, 0.3) is 22.3 Å². The lowest BCUT2D eigenvalue weighted by atomic mass is 9.99. The summed E-state index contributed by atoms with van der Waals surface area (Å²) in [6.07, 6.45) is 2.28. The van der Waals surface area contributed by atoms with Crippen LogP contribution in [0.3, 0.4) is 0 Å². The molecule has 0 bridgehead atoms. The van der Waals surface area contributed by atoms with Crippen LogP contribution in [-0.4, -0.2) is 29.0 Å². The summed E-state index contributed by atoms with van der Waals surface area (Å²) >= 11 is 0. The summed E-state index contributed by atoms with van der Waals surface area (Å²) in [4.78, 5) is 47.8. The fourth-order valence-corrected chi connectivity index (χ4v) is 4.34. The molecule has 0 aliphatic heterocycles. The minimum atomic E-state index is -0.733. The molecule has 4 aromatic carbocycles. The third-order valence-electron chi connectivity index (χ3n) is 6.80. The molecule has 1 N–H and O–H groups in total. The lowest BCUT2D eigenvalue weighted by Gasteiger charge is -2.11. The normalized spacial score (nSPS) is 10.3. The summed E-state index contributed by atoms with van der Waals surface area (Å²) in [5, 5.41) is 9.80. The van der Waals surface area contributed by atoms with Gasteiger partial charge in [0.15, 0.2) is 11.5 Å². The zero-order valence-corrected chi connectivity index (χ0v) is 25.7. The van der Waals surface area contributed by atoms with Crippen LogP contribution in [0.5, 0.6) is 23.0 Å². The summed E-state index contributed by atoms with van der Waals surface area (Å²) < 4.78 is 21.1. The standard InChI is InChI=1S/C38H32O9/c1-5-35(40)45-33-18-7-25(21-34(33)46-36(41)6-2)8-20-37(42)44-31-16-13-27(14-17-31)26-9-11-28(12-10-26)29-15-19-32(30(22-29)23-39)47-38(43)24(3)4/h5-7,9-19,21-22,39H,1-3,8,20,23H2,4H3. The topological polar surface area (TPSA) is 125 Å². The van der Waals surface area contributed by atoms with E-state index in [1.54, 1.807) is 37.3 Å². The maximum absolute atomic E-state index is 12.6. The monoisotopic (exact) mass is 632 g/mol. The number of aliphatic hydroxyl groups is 1. The van der Waals surface area contributed by atoms with Crippen molar-refractivity contribution in [3.63, 3.8) is 0 Å². The second kappa shape index (κ2) is 15.8. The van der Waals surface area contributed by atoms with Gasteiger partial charge in [-0.25, -0.2) is 14.4 Å². The van der Waals surface area contributed by atoms with E-state index < -0.39 is 23.9 Å². The molecule has 4 rings (SSSR count). The third kappa shape index (κ3) is 9.23. The maximum atomic E-state index is 12.6. The highest BCUT2D eigenvalue weighted by atomic mass is 16.6. The first-order valence-corrected chi connectivity index (χ1v) is 14.4. The van der Waals surface area contributed by atoms with Crippen LogP contribution in [0, 0.1) is 0 Å². The number of ether oxygens (including phenoxy) is 4. The molecule has 0 amide bonds. The molecule has 9 heteroatoms.